The molecule has 1 heterocycles. The van der Waals surface area contributed by atoms with Crippen LogP contribution in [0.5, 0.6) is 0 Å². The molecule has 1 saturated heterocycles. The molecule has 1 atom stereocenters. The van der Waals surface area contributed by atoms with Crippen LogP contribution in [-0.4, -0.2) is 30.2 Å². The fourth-order valence-corrected chi connectivity index (χ4v) is 4.56. The van der Waals surface area contributed by atoms with E-state index in [-0.39, 0.29) is 16.6 Å². The van der Waals surface area contributed by atoms with Crippen molar-refractivity contribution in [3.63, 3.8) is 0 Å². The van der Waals surface area contributed by atoms with Crippen molar-refractivity contribution in [2.45, 2.75) is 37.1 Å². The highest BCUT2D eigenvalue weighted by molar-refractivity contribution is 7.89. The fraction of sp³-hybridized carbons (Fsp3) is 0.500. The topological polar surface area (TPSA) is 107 Å². The molecule has 0 bridgehead atoms. The van der Waals surface area contributed by atoms with E-state index < -0.39 is 20.6 Å². The van der Waals surface area contributed by atoms with E-state index in [4.69, 9.17) is 5.73 Å². The monoisotopic (exact) mass is 299 g/mol. The van der Waals surface area contributed by atoms with Gasteiger partial charge in [-0.05, 0) is 31.4 Å². The Morgan fingerprint density at radius 2 is 2.20 bits per heavy atom. The summed E-state index contributed by atoms with van der Waals surface area (Å²) in [4.78, 5) is 10.0. The predicted molar refractivity (Wildman–Crippen MR) is 74.7 cm³/mol. The van der Waals surface area contributed by atoms with E-state index in [9.17, 15) is 18.5 Å². The largest absolute Gasteiger partial charge is 0.393 e. The molecule has 2 rings (SSSR count). The Labute approximate surface area is 117 Å². The molecule has 110 valence electrons. The average Bonchev–Trinajstić information content (AvgIpc) is 2.86. The van der Waals surface area contributed by atoms with E-state index in [1.807, 2.05) is 6.92 Å². The molecule has 1 unspecified atom stereocenters. The van der Waals surface area contributed by atoms with Crippen molar-refractivity contribution >= 4 is 21.4 Å². The molecule has 1 aliphatic heterocycles. The second-order valence-electron chi connectivity index (χ2n) is 4.77. The van der Waals surface area contributed by atoms with Gasteiger partial charge in [-0.1, -0.05) is 13.0 Å². The van der Waals surface area contributed by atoms with E-state index in [0.29, 0.717) is 13.0 Å². The molecule has 8 heteroatoms. The number of benzene rings is 1. The highest BCUT2D eigenvalue weighted by Crippen LogP contribution is 2.35. The zero-order chi connectivity index (χ0) is 14.9. The second kappa shape index (κ2) is 5.37. The number of hydrogen-bond donors (Lipinski definition) is 1. The number of nitro groups is 1. The van der Waals surface area contributed by atoms with Crippen molar-refractivity contribution < 1.29 is 13.3 Å². The highest BCUT2D eigenvalue weighted by Gasteiger charge is 2.38. The number of nitrogen functional groups attached to an aromatic ring is 1. The lowest BCUT2D eigenvalue weighted by molar-refractivity contribution is -0.386. The maximum Gasteiger partial charge on any atom is 0.312 e. The number of nitro benzene ring substituents is 1. The van der Waals surface area contributed by atoms with Gasteiger partial charge in [0.1, 0.15) is 5.69 Å². The normalized spacial score (nSPS) is 20.1. The maximum atomic E-state index is 12.6. The molecule has 0 spiro atoms. The highest BCUT2D eigenvalue weighted by atomic mass is 32.2. The number of anilines is 1. The fourth-order valence-electron chi connectivity index (χ4n) is 2.60. The summed E-state index contributed by atoms with van der Waals surface area (Å²) in [5, 5.41) is 11.1. The minimum atomic E-state index is -3.89. The third kappa shape index (κ3) is 2.36. The quantitative estimate of drug-likeness (QED) is 0.517. The van der Waals surface area contributed by atoms with Crippen molar-refractivity contribution in [2.24, 2.45) is 0 Å². The number of nitrogens with two attached hydrogens (primary N) is 1. The summed E-state index contributed by atoms with van der Waals surface area (Å²) >= 11 is 0. The molecule has 1 fully saturated rings. The molecule has 1 aliphatic rings. The Bertz CT molecular complexity index is 630. The number of rotatable bonds is 4. The van der Waals surface area contributed by atoms with Crippen LogP contribution in [-0.2, 0) is 10.0 Å². The summed E-state index contributed by atoms with van der Waals surface area (Å²) in [6.45, 7) is 2.30. The van der Waals surface area contributed by atoms with Gasteiger partial charge >= 0.3 is 5.69 Å². The van der Waals surface area contributed by atoms with Gasteiger partial charge in [0.05, 0.1) is 4.92 Å². The summed E-state index contributed by atoms with van der Waals surface area (Å²) in [5.74, 6) is 0. The predicted octanol–water partition coefficient (Wildman–Crippen LogP) is 1.74. The van der Waals surface area contributed by atoms with E-state index >= 15 is 0 Å². The summed E-state index contributed by atoms with van der Waals surface area (Å²) in [5.41, 5.74) is 4.89. The molecule has 1 aromatic rings. The molecule has 20 heavy (non-hydrogen) atoms. The molecule has 0 aromatic heterocycles. The zero-order valence-electron chi connectivity index (χ0n) is 11.2. The lowest BCUT2D eigenvalue weighted by atomic mass is 10.2. The van der Waals surface area contributed by atoms with Crippen LogP contribution in [0.4, 0.5) is 11.4 Å². The van der Waals surface area contributed by atoms with Gasteiger partial charge in [-0.15, -0.1) is 0 Å². The first-order chi connectivity index (χ1) is 9.39. The molecule has 0 saturated carbocycles. The van der Waals surface area contributed by atoms with Gasteiger partial charge in [0, 0.05) is 12.6 Å². The first-order valence-electron chi connectivity index (χ1n) is 6.44. The standard InChI is InChI=1S/C12H17N3O4S/c1-2-9-5-4-8-14(9)20(18,19)11-7-3-6-10(13)12(11)15(16)17/h3,6-7,9H,2,4-5,8,13H2,1H3. The van der Waals surface area contributed by atoms with Gasteiger partial charge in [0.25, 0.3) is 0 Å². The van der Waals surface area contributed by atoms with Crippen LogP contribution in [0.15, 0.2) is 23.1 Å². The Kier molecular flexibility index (Phi) is 3.96. The number of hydrogen-bond acceptors (Lipinski definition) is 5. The van der Waals surface area contributed by atoms with Crippen LogP contribution in [0.3, 0.4) is 0 Å². The van der Waals surface area contributed by atoms with Crippen molar-refractivity contribution in [3.8, 4) is 0 Å². The zero-order valence-corrected chi connectivity index (χ0v) is 12.0. The van der Waals surface area contributed by atoms with Gasteiger partial charge in [-0.2, -0.15) is 4.31 Å². The Balaban J connectivity index is 2.55. The smallest absolute Gasteiger partial charge is 0.312 e. The molecule has 7 nitrogen and oxygen atoms in total. The molecular formula is C12H17N3O4S. The van der Waals surface area contributed by atoms with E-state index in [2.05, 4.69) is 0 Å². The van der Waals surface area contributed by atoms with E-state index in [1.165, 1.54) is 22.5 Å². The average molecular weight is 299 g/mol. The number of nitrogens with zero attached hydrogens (tertiary/aromatic N) is 2. The summed E-state index contributed by atoms with van der Waals surface area (Å²) in [7, 11) is -3.89. The maximum absolute atomic E-state index is 12.6. The SMILES string of the molecule is CCC1CCCN1S(=O)(=O)c1cccc(N)c1[N+](=O)[O-]. The Hall–Kier alpha value is -1.67. The third-order valence-electron chi connectivity index (χ3n) is 3.59. The van der Waals surface area contributed by atoms with Crippen molar-refractivity contribution in [3.05, 3.63) is 28.3 Å². The Morgan fingerprint density at radius 1 is 1.50 bits per heavy atom. The Morgan fingerprint density at radius 3 is 2.80 bits per heavy atom. The summed E-state index contributed by atoms with van der Waals surface area (Å²) < 4.78 is 26.7. The van der Waals surface area contributed by atoms with Gasteiger partial charge in [-0.25, -0.2) is 8.42 Å². The minimum Gasteiger partial charge on any atom is -0.393 e. The number of sulfonamides is 1. The van der Waals surface area contributed by atoms with Gasteiger partial charge < -0.3 is 5.73 Å². The second-order valence-corrected chi connectivity index (χ2v) is 6.63. The minimum absolute atomic E-state index is 0.0963. The van der Waals surface area contributed by atoms with Crippen molar-refractivity contribution in [1.82, 2.24) is 4.31 Å². The van der Waals surface area contributed by atoms with Gasteiger partial charge in [0.15, 0.2) is 4.90 Å². The molecular weight excluding hydrogens is 282 g/mol. The summed E-state index contributed by atoms with van der Waals surface area (Å²) in [6.07, 6.45) is 2.25. The van der Waals surface area contributed by atoms with E-state index in [0.717, 1.165) is 12.8 Å². The van der Waals surface area contributed by atoms with E-state index in [1.54, 1.807) is 0 Å². The first-order valence-corrected chi connectivity index (χ1v) is 7.88. The van der Waals surface area contributed by atoms with Crippen molar-refractivity contribution in [2.75, 3.05) is 12.3 Å². The summed E-state index contributed by atoms with van der Waals surface area (Å²) in [6, 6.07) is 3.90. The van der Waals surface area contributed by atoms with Crippen LogP contribution in [0.2, 0.25) is 0 Å². The van der Waals surface area contributed by atoms with Crippen molar-refractivity contribution in [1.29, 1.82) is 0 Å². The van der Waals surface area contributed by atoms with Crippen LogP contribution >= 0.6 is 0 Å². The lowest BCUT2D eigenvalue weighted by Crippen LogP contribution is -2.35. The van der Waals surface area contributed by atoms with Crippen LogP contribution < -0.4 is 5.73 Å². The van der Waals surface area contributed by atoms with Gasteiger partial charge in [-0.3, -0.25) is 10.1 Å². The molecule has 0 aliphatic carbocycles. The molecule has 1 aromatic carbocycles. The number of para-hydroxylation sites is 1. The van der Waals surface area contributed by atoms with Crippen LogP contribution in [0.1, 0.15) is 26.2 Å². The molecule has 2 N–H and O–H groups in total. The lowest BCUT2D eigenvalue weighted by Gasteiger charge is -2.22. The molecule has 0 amide bonds. The van der Waals surface area contributed by atoms with Crippen LogP contribution in [0, 0.1) is 10.1 Å². The first kappa shape index (κ1) is 14.7. The van der Waals surface area contributed by atoms with Crippen LogP contribution in [0.25, 0.3) is 0 Å². The van der Waals surface area contributed by atoms with Gasteiger partial charge in [0.2, 0.25) is 10.0 Å². The molecule has 0 radical (unpaired) electrons. The third-order valence-corrected chi connectivity index (χ3v) is 5.58.